The summed E-state index contributed by atoms with van der Waals surface area (Å²) < 4.78 is 32.2. The molecule has 21 heavy (non-hydrogen) atoms. The van der Waals surface area contributed by atoms with Crippen LogP contribution in [-0.4, -0.2) is 32.6 Å². The number of aliphatic carboxylic acids is 1. The number of hydrogen-bond donors (Lipinski definition) is 2. The quantitative estimate of drug-likeness (QED) is 0.723. The Balaban J connectivity index is 2.99. The maximum atomic E-state index is 12.2. The van der Waals surface area contributed by atoms with Crippen LogP contribution in [0.1, 0.15) is 26.2 Å². The molecule has 1 rings (SSSR count). The zero-order valence-corrected chi connectivity index (χ0v) is 14.2. The molecule has 1 aromatic rings. The minimum atomic E-state index is -3.90. The lowest BCUT2D eigenvalue weighted by Gasteiger charge is -2.15. The highest BCUT2D eigenvalue weighted by atomic mass is 79.9. The average molecular weight is 380 g/mol. The summed E-state index contributed by atoms with van der Waals surface area (Å²) >= 11 is 3.20. The number of hydrogen-bond acceptors (Lipinski definition) is 4. The number of unbranched alkanes of at least 4 members (excludes halogenated alkanes) is 1. The third-order valence-corrected chi connectivity index (χ3v) is 4.96. The Morgan fingerprint density at radius 2 is 2.14 bits per heavy atom. The van der Waals surface area contributed by atoms with Crippen LogP contribution in [0.5, 0.6) is 5.75 Å². The second-order valence-corrected chi connectivity index (χ2v) is 7.02. The standard InChI is InChI=1S/C13H18BrNO5S/c1-3-4-5-11(13(16)17)15-21(18,19)9-6-7-12(20-2)10(14)8-9/h6-8,11,15H,3-5H2,1-2H3,(H,16,17). The molecule has 118 valence electrons. The molecule has 0 spiro atoms. The molecular formula is C13H18BrNO5S. The molecule has 0 aromatic heterocycles. The molecule has 1 atom stereocenters. The van der Waals surface area contributed by atoms with Gasteiger partial charge in [-0.3, -0.25) is 4.79 Å². The maximum absolute atomic E-state index is 12.2. The Labute approximate surface area is 132 Å². The van der Waals surface area contributed by atoms with Crippen LogP contribution in [0, 0.1) is 0 Å². The first-order valence-corrected chi connectivity index (χ1v) is 8.68. The molecule has 1 unspecified atom stereocenters. The summed E-state index contributed by atoms with van der Waals surface area (Å²) in [6.45, 7) is 1.91. The van der Waals surface area contributed by atoms with Gasteiger partial charge in [0.25, 0.3) is 0 Å². The summed E-state index contributed by atoms with van der Waals surface area (Å²) in [5, 5.41) is 9.09. The SMILES string of the molecule is CCCCC(NS(=O)(=O)c1ccc(OC)c(Br)c1)C(=O)O. The van der Waals surface area contributed by atoms with Crippen molar-refractivity contribution in [3.63, 3.8) is 0 Å². The second-order valence-electron chi connectivity index (χ2n) is 4.45. The first kappa shape index (κ1) is 17.9. The van der Waals surface area contributed by atoms with Crippen molar-refractivity contribution in [3.8, 4) is 5.75 Å². The number of rotatable bonds is 8. The molecule has 0 amide bonds. The number of carboxylic acid groups (broad SMARTS) is 1. The van der Waals surface area contributed by atoms with E-state index >= 15 is 0 Å². The number of ether oxygens (including phenoxy) is 1. The van der Waals surface area contributed by atoms with Crippen molar-refractivity contribution in [3.05, 3.63) is 22.7 Å². The van der Waals surface area contributed by atoms with Crippen molar-refractivity contribution in [2.45, 2.75) is 37.1 Å². The molecule has 2 N–H and O–H groups in total. The number of halogens is 1. The first-order chi connectivity index (χ1) is 9.81. The lowest BCUT2D eigenvalue weighted by Crippen LogP contribution is -2.40. The Bertz CT molecular complexity index is 603. The highest BCUT2D eigenvalue weighted by Crippen LogP contribution is 2.27. The number of benzene rings is 1. The highest BCUT2D eigenvalue weighted by molar-refractivity contribution is 9.10. The fourth-order valence-corrected chi connectivity index (χ4v) is 3.65. The molecule has 6 nitrogen and oxygen atoms in total. The Kier molecular flexibility index (Phi) is 6.63. The third-order valence-electron chi connectivity index (χ3n) is 2.88. The van der Waals surface area contributed by atoms with Crippen molar-refractivity contribution in [1.82, 2.24) is 4.72 Å². The molecule has 0 fully saturated rings. The molecule has 0 saturated carbocycles. The summed E-state index contributed by atoms with van der Waals surface area (Å²) in [6.07, 6.45) is 1.67. The van der Waals surface area contributed by atoms with E-state index in [4.69, 9.17) is 9.84 Å². The lowest BCUT2D eigenvalue weighted by atomic mass is 10.1. The monoisotopic (exact) mass is 379 g/mol. The van der Waals surface area contributed by atoms with Gasteiger partial charge in [-0.2, -0.15) is 4.72 Å². The van der Waals surface area contributed by atoms with Gasteiger partial charge in [0.15, 0.2) is 0 Å². The predicted octanol–water partition coefficient (Wildman–Crippen LogP) is 2.38. The van der Waals surface area contributed by atoms with Gasteiger partial charge in [0, 0.05) is 0 Å². The zero-order valence-electron chi connectivity index (χ0n) is 11.8. The van der Waals surface area contributed by atoms with Gasteiger partial charge in [-0.1, -0.05) is 19.8 Å². The van der Waals surface area contributed by atoms with Gasteiger partial charge in [-0.15, -0.1) is 0 Å². The smallest absolute Gasteiger partial charge is 0.321 e. The van der Waals surface area contributed by atoms with E-state index in [1.807, 2.05) is 6.92 Å². The van der Waals surface area contributed by atoms with Crippen molar-refractivity contribution in [2.75, 3.05) is 7.11 Å². The van der Waals surface area contributed by atoms with Gasteiger partial charge in [-0.05, 0) is 40.5 Å². The molecule has 0 heterocycles. The number of sulfonamides is 1. The second kappa shape index (κ2) is 7.77. The minimum Gasteiger partial charge on any atom is -0.496 e. The number of carboxylic acids is 1. The fourth-order valence-electron chi connectivity index (χ4n) is 1.71. The van der Waals surface area contributed by atoms with E-state index in [9.17, 15) is 13.2 Å². The van der Waals surface area contributed by atoms with Crippen molar-refractivity contribution >= 4 is 31.9 Å². The van der Waals surface area contributed by atoms with E-state index in [2.05, 4.69) is 20.7 Å². The number of nitrogens with one attached hydrogen (secondary N) is 1. The molecule has 8 heteroatoms. The molecule has 0 aliphatic rings. The summed E-state index contributed by atoms with van der Waals surface area (Å²) in [4.78, 5) is 11.1. The van der Waals surface area contributed by atoms with Crippen LogP contribution in [0.3, 0.4) is 0 Å². The summed E-state index contributed by atoms with van der Waals surface area (Å²) in [5.41, 5.74) is 0. The molecule has 0 saturated heterocycles. The highest BCUT2D eigenvalue weighted by Gasteiger charge is 2.25. The fraction of sp³-hybridized carbons (Fsp3) is 0.462. The number of methoxy groups -OCH3 is 1. The molecule has 0 aliphatic heterocycles. The third kappa shape index (κ3) is 4.98. The topological polar surface area (TPSA) is 92.7 Å². The summed E-state index contributed by atoms with van der Waals surface area (Å²) in [7, 11) is -2.43. The van der Waals surface area contributed by atoms with E-state index in [-0.39, 0.29) is 11.3 Å². The molecular weight excluding hydrogens is 362 g/mol. The van der Waals surface area contributed by atoms with E-state index in [0.29, 0.717) is 16.6 Å². The van der Waals surface area contributed by atoms with Crippen molar-refractivity contribution in [1.29, 1.82) is 0 Å². The largest absolute Gasteiger partial charge is 0.496 e. The van der Waals surface area contributed by atoms with Crippen molar-refractivity contribution in [2.24, 2.45) is 0 Å². The molecule has 0 bridgehead atoms. The van der Waals surface area contributed by atoms with Crippen LogP contribution in [0.4, 0.5) is 0 Å². The van der Waals surface area contributed by atoms with Crippen LogP contribution in [0.25, 0.3) is 0 Å². The van der Waals surface area contributed by atoms with Crippen LogP contribution in [-0.2, 0) is 14.8 Å². The number of carbonyl (C=O) groups is 1. The van der Waals surface area contributed by atoms with Gasteiger partial charge in [0.2, 0.25) is 10.0 Å². The summed E-state index contributed by atoms with van der Waals surface area (Å²) in [6, 6.07) is 3.11. The Hall–Kier alpha value is -1.12. The molecule has 1 aromatic carbocycles. The van der Waals surface area contributed by atoms with Crippen LogP contribution >= 0.6 is 15.9 Å². The normalized spacial score (nSPS) is 12.9. The first-order valence-electron chi connectivity index (χ1n) is 6.40. The van der Waals surface area contributed by atoms with Gasteiger partial charge >= 0.3 is 5.97 Å². The molecule has 0 aliphatic carbocycles. The van der Waals surface area contributed by atoms with E-state index in [1.165, 1.54) is 25.3 Å². The van der Waals surface area contributed by atoms with Crippen molar-refractivity contribution < 1.29 is 23.1 Å². The lowest BCUT2D eigenvalue weighted by molar-refractivity contribution is -0.139. The van der Waals surface area contributed by atoms with E-state index in [1.54, 1.807) is 0 Å². The maximum Gasteiger partial charge on any atom is 0.321 e. The van der Waals surface area contributed by atoms with Gasteiger partial charge in [-0.25, -0.2) is 8.42 Å². The Morgan fingerprint density at radius 1 is 1.48 bits per heavy atom. The van der Waals surface area contributed by atoms with Gasteiger partial charge in [0.05, 0.1) is 16.5 Å². The van der Waals surface area contributed by atoms with E-state index in [0.717, 1.165) is 6.42 Å². The minimum absolute atomic E-state index is 0.0158. The van der Waals surface area contributed by atoms with Crippen LogP contribution in [0.2, 0.25) is 0 Å². The average Bonchev–Trinajstić information content (AvgIpc) is 2.43. The van der Waals surface area contributed by atoms with Gasteiger partial charge < -0.3 is 9.84 Å². The predicted molar refractivity (Wildman–Crippen MR) is 82.0 cm³/mol. The molecule has 0 radical (unpaired) electrons. The Morgan fingerprint density at radius 3 is 2.62 bits per heavy atom. The van der Waals surface area contributed by atoms with Crippen LogP contribution in [0.15, 0.2) is 27.6 Å². The zero-order chi connectivity index (χ0) is 16.0. The summed E-state index contributed by atoms with van der Waals surface area (Å²) in [5.74, 6) is -0.686. The van der Waals surface area contributed by atoms with Gasteiger partial charge in [0.1, 0.15) is 11.8 Å². The van der Waals surface area contributed by atoms with Crippen LogP contribution < -0.4 is 9.46 Å². The van der Waals surface area contributed by atoms with E-state index < -0.39 is 22.0 Å².